The monoisotopic (exact) mass is 296 g/mol. The Morgan fingerprint density at radius 3 is 2.52 bits per heavy atom. The number of hydrogen-bond donors (Lipinski definition) is 1. The van der Waals surface area contributed by atoms with E-state index in [0.29, 0.717) is 37.3 Å². The molecular formula is C15H24N2O4. The van der Waals surface area contributed by atoms with Crippen molar-refractivity contribution in [3.05, 3.63) is 27.4 Å². The van der Waals surface area contributed by atoms with Crippen molar-refractivity contribution < 1.29 is 14.6 Å². The Balaban J connectivity index is 3.16. The molecule has 0 aromatic carbocycles. The lowest BCUT2D eigenvalue weighted by molar-refractivity contribution is -0.136. The molecule has 1 rings (SSSR count). The van der Waals surface area contributed by atoms with E-state index in [1.165, 1.54) is 0 Å². The largest absolute Gasteiger partial charge is 0.481 e. The Labute approximate surface area is 124 Å². The van der Waals surface area contributed by atoms with Gasteiger partial charge in [-0.25, -0.2) is 4.79 Å². The van der Waals surface area contributed by atoms with Gasteiger partial charge in [-0.1, -0.05) is 13.8 Å². The van der Waals surface area contributed by atoms with Gasteiger partial charge in [0.15, 0.2) is 0 Å². The fourth-order valence-corrected chi connectivity index (χ4v) is 2.49. The molecule has 0 atom stereocenters. The summed E-state index contributed by atoms with van der Waals surface area (Å²) in [6.07, 6.45) is 2.76. The highest BCUT2D eigenvalue weighted by Gasteiger charge is 2.17. The van der Waals surface area contributed by atoms with Crippen LogP contribution in [0.3, 0.4) is 0 Å². The van der Waals surface area contributed by atoms with Crippen LogP contribution in [-0.2, 0) is 35.3 Å². The number of carbonyl (C=O) groups is 1. The topological polar surface area (TPSA) is 81.4 Å². The van der Waals surface area contributed by atoms with Crippen LogP contribution in [0.1, 0.15) is 43.6 Å². The molecule has 118 valence electrons. The Hall–Kier alpha value is -1.69. The number of rotatable bonds is 9. The number of aryl methyl sites for hydroxylation is 1. The van der Waals surface area contributed by atoms with Gasteiger partial charge in [0.1, 0.15) is 0 Å². The van der Waals surface area contributed by atoms with Crippen molar-refractivity contribution in [1.82, 2.24) is 9.55 Å². The minimum absolute atomic E-state index is 0.0856. The lowest BCUT2D eigenvalue weighted by Crippen LogP contribution is -2.30. The summed E-state index contributed by atoms with van der Waals surface area (Å²) >= 11 is 0. The first kappa shape index (κ1) is 17.4. The summed E-state index contributed by atoms with van der Waals surface area (Å²) in [5, 5.41) is 9.08. The Morgan fingerprint density at radius 2 is 2.00 bits per heavy atom. The number of ether oxygens (including phenoxy) is 1. The van der Waals surface area contributed by atoms with E-state index in [-0.39, 0.29) is 12.1 Å². The van der Waals surface area contributed by atoms with Crippen LogP contribution in [-0.4, -0.2) is 34.3 Å². The summed E-state index contributed by atoms with van der Waals surface area (Å²) in [6, 6.07) is 0. The smallest absolute Gasteiger partial charge is 0.347 e. The second-order valence-corrected chi connectivity index (χ2v) is 4.90. The first-order valence-corrected chi connectivity index (χ1v) is 7.37. The van der Waals surface area contributed by atoms with Crippen molar-refractivity contribution in [3.63, 3.8) is 0 Å². The molecule has 1 heterocycles. The van der Waals surface area contributed by atoms with Gasteiger partial charge in [-0.3, -0.25) is 9.36 Å². The van der Waals surface area contributed by atoms with Crippen molar-refractivity contribution in [1.29, 1.82) is 0 Å². The lowest BCUT2D eigenvalue weighted by Gasteiger charge is -2.17. The molecule has 0 aliphatic rings. The van der Waals surface area contributed by atoms with Gasteiger partial charge in [0.05, 0.1) is 12.1 Å². The summed E-state index contributed by atoms with van der Waals surface area (Å²) in [6.45, 7) is 5.02. The molecule has 1 N–H and O–H groups in total. The Morgan fingerprint density at radius 1 is 1.29 bits per heavy atom. The molecule has 0 amide bonds. The van der Waals surface area contributed by atoms with Gasteiger partial charge in [0.2, 0.25) is 0 Å². The zero-order valence-electron chi connectivity index (χ0n) is 13.0. The second-order valence-electron chi connectivity index (χ2n) is 4.90. The number of aromatic nitrogens is 2. The predicted octanol–water partition coefficient (Wildman–Crippen LogP) is 1.42. The van der Waals surface area contributed by atoms with E-state index in [9.17, 15) is 9.59 Å². The normalized spacial score (nSPS) is 10.8. The van der Waals surface area contributed by atoms with Crippen LogP contribution in [0.4, 0.5) is 0 Å². The average molecular weight is 296 g/mol. The molecule has 0 unspecified atom stereocenters. The fraction of sp³-hybridized carbons (Fsp3) is 0.667. The molecule has 1 aromatic heterocycles. The van der Waals surface area contributed by atoms with Crippen LogP contribution in [0.5, 0.6) is 0 Å². The maximum absolute atomic E-state index is 12.2. The van der Waals surface area contributed by atoms with Gasteiger partial charge >= 0.3 is 11.7 Å². The molecule has 0 spiro atoms. The van der Waals surface area contributed by atoms with Crippen molar-refractivity contribution in [2.75, 3.05) is 13.7 Å². The highest BCUT2D eigenvalue weighted by molar-refractivity contribution is 5.71. The minimum Gasteiger partial charge on any atom is -0.481 e. The van der Waals surface area contributed by atoms with Crippen LogP contribution in [0.15, 0.2) is 4.79 Å². The van der Waals surface area contributed by atoms with E-state index >= 15 is 0 Å². The summed E-state index contributed by atoms with van der Waals surface area (Å²) in [7, 11) is 1.65. The molecule has 1 aromatic rings. The highest BCUT2D eigenvalue weighted by Crippen LogP contribution is 2.14. The molecule has 0 aliphatic carbocycles. The number of hydrogen-bond acceptors (Lipinski definition) is 4. The third-order valence-corrected chi connectivity index (χ3v) is 3.46. The summed E-state index contributed by atoms with van der Waals surface area (Å²) < 4.78 is 6.62. The number of carboxylic acids is 1. The maximum atomic E-state index is 12.2. The van der Waals surface area contributed by atoms with Crippen molar-refractivity contribution in [3.8, 4) is 0 Å². The van der Waals surface area contributed by atoms with Crippen molar-refractivity contribution >= 4 is 5.97 Å². The molecule has 0 radical (unpaired) electrons. The van der Waals surface area contributed by atoms with Crippen LogP contribution in [0.2, 0.25) is 0 Å². The van der Waals surface area contributed by atoms with Gasteiger partial charge in [0, 0.05) is 31.5 Å². The number of nitrogens with zero attached hydrogens (tertiary/aromatic N) is 2. The van der Waals surface area contributed by atoms with Crippen molar-refractivity contribution in [2.24, 2.45) is 0 Å². The predicted molar refractivity (Wildman–Crippen MR) is 79.7 cm³/mol. The maximum Gasteiger partial charge on any atom is 0.347 e. The molecule has 6 heteroatoms. The van der Waals surface area contributed by atoms with Gasteiger partial charge in [0.25, 0.3) is 0 Å². The molecule has 0 saturated carbocycles. The average Bonchev–Trinajstić information content (AvgIpc) is 2.45. The fourth-order valence-electron chi connectivity index (χ4n) is 2.49. The quantitative estimate of drug-likeness (QED) is 0.697. The first-order chi connectivity index (χ1) is 10.0. The zero-order chi connectivity index (χ0) is 15.8. The highest BCUT2D eigenvalue weighted by atomic mass is 16.5. The summed E-state index contributed by atoms with van der Waals surface area (Å²) in [5.74, 6) is -0.897. The molecule has 0 saturated heterocycles. The Bertz CT molecular complexity index is 537. The van der Waals surface area contributed by atoms with Gasteiger partial charge in [-0.15, -0.1) is 0 Å². The minimum atomic E-state index is -0.897. The third-order valence-electron chi connectivity index (χ3n) is 3.46. The van der Waals surface area contributed by atoms with Gasteiger partial charge < -0.3 is 9.84 Å². The van der Waals surface area contributed by atoms with E-state index in [1.807, 2.05) is 13.8 Å². The van der Waals surface area contributed by atoms with Crippen LogP contribution in [0, 0.1) is 0 Å². The zero-order valence-corrected chi connectivity index (χ0v) is 13.0. The molecular weight excluding hydrogens is 272 g/mol. The van der Waals surface area contributed by atoms with Crippen molar-refractivity contribution in [2.45, 2.75) is 52.5 Å². The molecule has 21 heavy (non-hydrogen) atoms. The molecule has 0 aliphatic heterocycles. The first-order valence-electron chi connectivity index (χ1n) is 7.37. The number of aliphatic carboxylic acids is 1. The van der Waals surface area contributed by atoms with E-state index in [1.54, 1.807) is 11.7 Å². The lowest BCUT2D eigenvalue weighted by atomic mass is 10.0. The van der Waals surface area contributed by atoms with E-state index < -0.39 is 5.97 Å². The van der Waals surface area contributed by atoms with Crippen LogP contribution < -0.4 is 5.69 Å². The van der Waals surface area contributed by atoms with E-state index in [2.05, 4.69) is 4.98 Å². The van der Waals surface area contributed by atoms with Crippen LogP contribution in [0.25, 0.3) is 0 Å². The van der Waals surface area contributed by atoms with E-state index in [0.717, 1.165) is 18.5 Å². The van der Waals surface area contributed by atoms with Crippen LogP contribution >= 0.6 is 0 Å². The number of unbranched alkanes of at least 4 members (excludes halogenated alkanes) is 1. The third kappa shape index (κ3) is 4.67. The van der Waals surface area contributed by atoms with Gasteiger partial charge in [-0.2, -0.15) is 4.98 Å². The Kier molecular flexibility index (Phi) is 7.08. The summed E-state index contributed by atoms with van der Waals surface area (Å²) in [4.78, 5) is 27.3. The summed E-state index contributed by atoms with van der Waals surface area (Å²) in [5.41, 5.74) is 1.81. The molecule has 0 bridgehead atoms. The molecule has 6 nitrogen and oxygen atoms in total. The second kappa shape index (κ2) is 8.56. The standard InChI is InChI=1S/C15H24N2O4/c1-4-12-11(10-14(18)19)13(5-2)17(15(20)16-12)8-6-7-9-21-3/h4-10H2,1-3H3,(H,18,19). The number of carboxylic acid groups (broad SMARTS) is 1. The number of methoxy groups -OCH3 is 1. The SMILES string of the molecule is CCc1nc(=O)n(CCCCOC)c(CC)c1CC(=O)O. The molecule has 0 fully saturated rings. The van der Waals surface area contributed by atoms with Gasteiger partial charge in [-0.05, 0) is 25.7 Å². The van der Waals surface area contributed by atoms with E-state index in [4.69, 9.17) is 9.84 Å².